The van der Waals surface area contributed by atoms with Gasteiger partial charge in [-0.1, -0.05) is 39.5 Å². The first-order valence-corrected chi connectivity index (χ1v) is 30.1. The van der Waals surface area contributed by atoms with Crippen LogP contribution in [-0.2, 0) is 54.3 Å². The van der Waals surface area contributed by atoms with Crippen molar-refractivity contribution in [2.75, 3.05) is 27.4 Å². The molecule has 0 heterocycles. The molecule has 5 rings (SSSR count). The van der Waals surface area contributed by atoms with E-state index in [1.165, 1.54) is 14.2 Å². The van der Waals surface area contributed by atoms with Crippen molar-refractivity contribution in [1.82, 2.24) is 0 Å². The summed E-state index contributed by atoms with van der Waals surface area (Å²) in [5, 5.41) is 0. The van der Waals surface area contributed by atoms with Gasteiger partial charge in [-0.3, -0.25) is 14.4 Å². The maximum Gasteiger partial charge on any atom is 0.508 e. The van der Waals surface area contributed by atoms with E-state index in [-0.39, 0.29) is 71.4 Å². The van der Waals surface area contributed by atoms with Crippen molar-refractivity contribution < 1.29 is 66.7 Å². The molecule has 2 unspecified atom stereocenters. The average Bonchev–Trinajstić information content (AvgIpc) is 1.69. The highest BCUT2D eigenvalue weighted by molar-refractivity contribution is 5.90. The van der Waals surface area contributed by atoms with Crippen LogP contribution in [0.15, 0.2) is 12.1 Å². The summed E-state index contributed by atoms with van der Waals surface area (Å²) < 4.78 is 44.5. The quantitative estimate of drug-likeness (QED) is 0.0450. The molecule has 4 saturated carbocycles. The number of carbonyl (C=O) groups is 6. The predicted octanol–water partition coefficient (Wildman–Crippen LogP) is 8.41. The summed E-state index contributed by atoms with van der Waals surface area (Å²) in [7, 11) is 2.82. The zero-order valence-electron chi connectivity index (χ0n) is 53.7. The molecule has 93 heavy (non-hydrogen) atoms. The molecule has 0 spiro atoms. The molecule has 14 heteroatoms. The maximum absolute atomic E-state index is 13.4. The number of ether oxygens (including phenoxy) is 8. The fourth-order valence-electron chi connectivity index (χ4n) is 12.8. The lowest BCUT2D eigenvalue weighted by atomic mass is 9.44. The summed E-state index contributed by atoms with van der Waals surface area (Å²) in [6.07, 6.45) is 7.07. The van der Waals surface area contributed by atoms with Gasteiger partial charge in [0.05, 0.1) is 14.2 Å². The fourth-order valence-corrected chi connectivity index (χ4v) is 12.8. The third kappa shape index (κ3) is 24.1. The van der Waals surface area contributed by atoms with Gasteiger partial charge in [-0.25, -0.2) is 14.4 Å². The number of benzene rings is 1. The molecule has 4 aliphatic rings. The zero-order valence-corrected chi connectivity index (χ0v) is 53.7. The van der Waals surface area contributed by atoms with Crippen LogP contribution in [0.3, 0.4) is 0 Å². The number of methoxy groups -OCH3 is 2. The predicted molar refractivity (Wildman–Crippen MR) is 346 cm³/mol. The Labute approximate surface area is 548 Å². The number of hydrogen-bond donors (Lipinski definition) is 0. The minimum Gasteiger partial charge on any atom is -0.493 e. The van der Waals surface area contributed by atoms with Crippen molar-refractivity contribution in [2.24, 2.45) is 52.3 Å². The van der Waals surface area contributed by atoms with Gasteiger partial charge >= 0.3 is 30.0 Å². The van der Waals surface area contributed by atoms with E-state index in [0.29, 0.717) is 41.4 Å². The standard InChI is InChI=1S/C79H68O14/c1-10-12-14-16-18-20-22-24-26-28-30-32-34-36-38-40-72(81)88-57-65(58-89-73(82)41-39-37-35-33-31-29-27-25-23-21-19-17-15-13-11-2)91-74(83)51-59(3)50-60(4)52-75(84)93-76-70(86-8)53-62(54-71(76)87-9)56-90-77(85)92-64-46-48-78(6)63(55-64)42-43-66-68-45-44-67(61(5)80)79(68,7)49-47-69(66)78/h53-54,59-60,63-69H,42-52,55-58H2,1-9H3/t59?,60?,63-,64+,66-,67+,68-,69-,78-,79+/m0/s1. The van der Waals surface area contributed by atoms with Gasteiger partial charge in [0.1, 0.15) is 31.7 Å². The Bertz CT molecular complexity index is 3950. The number of ketones is 1. The summed E-state index contributed by atoms with van der Waals surface area (Å²) in [6, 6.07) is 3.18. The number of fused-ring (bicyclic) bond motifs is 5. The van der Waals surface area contributed by atoms with E-state index in [1.807, 2.05) is 6.92 Å². The summed E-state index contributed by atoms with van der Waals surface area (Å²) in [6.45, 7) is 12.2. The van der Waals surface area contributed by atoms with Gasteiger partial charge in [-0.05, 0) is 315 Å². The van der Waals surface area contributed by atoms with Crippen LogP contribution < -0.4 is 14.2 Å². The fraction of sp³-hybridized carbons (Fsp3) is 0.443. The molecule has 0 aliphatic heterocycles. The molecule has 0 saturated heterocycles. The number of carbonyl (C=O) groups excluding carboxylic acids is 6. The number of Topliss-reactive ketones (excluding diaryl/α,β-unsaturated/α-hetero) is 1. The van der Waals surface area contributed by atoms with Crippen LogP contribution >= 0.6 is 0 Å². The maximum atomic E-state index is 13.4. The van der Waals surface area contributed by atoms with E-state index in [2.05, 4.69) is 203 Å². The lowest BCUT2D eigenvalue weighted by Crippen LogP contribution is -2.54. The van der Waals surface area contributed by atoms with E-state index in [4.69, 9.17) is 37.9 Å². The molecule has 0 aromatic heterocycles. The second kappa shape index (κ2) is 38.9. The topological polar surface area (TPSA) is 176 Å². The minimum atomic E-state index is -1.29. The van der Waals surface area contributed by atoms with Crippen molar-refractivity contribution in [2.45, 2.75) is 144 Å². The molecular weight excluding hydrogens is 1170 g/mol. The van der Waals surface area contributed by atoms with Crippen molar-refractivity contribution in [3.05, 3.63) is 17.7 Å². The van der Waals surface area contributed by atoms with Gasteiger partial charge in [-0.15, -0.1) is 0 Å². The molecule has 14 nitrogen and oxygen atoms in total. The largest absolute Gasteiger partial charge is 0.508 e. The van der Waals surface area contributed by atoms with Crippen LogP contribution in [0, 0.1) is 242 Å². The molecule has 0 N–H and O–H groups in total. The highest BCUT2D eigenvalue weighted by Gasteiger charge is 2.61. The Balaban J connectivity index is 1.11. The molecule has 0 radical (unpaired) electrons. The number of hydrogen-bond acceptors (Lipinski definition) is 14. The highest BCUT2D eigenvalue weighted by Crippen LogP contribution is 2.67. The highest BCUT2D eigenvalue weighted by atomic mass is 16.7. The first-order chi connectivity index (χ1) is 44.9. The molecule has 4 aliphatic carbocycles. The monoisotopic (exact) mass is 1240 g/mol. The first kappa shape index (κ1) is 72.3. The normalized spacial score (nSPS) is 20.2. The van der Waals surface area contributed by atoms with Crippen molar-refractivity contribution in [3.8, 4) is 207 Å². The third-order valence-corrected chi connectivity index (χ3v) is 16.6. The first-order valence-electron chi connectivity index (χ1n) is 30.1. The molecule has 1 aromatic carbocycles. The molecule has 4 fully saturated rings. The van der Waals surface area contributed by atoms with Crippen LogP contribution in [-0.4, -0.2) is 75.5 Å². The third-order valence-electron chi connectivity index (χ3n) is 16.6. The number of esters is 4. The number of rotatable bonds is 18. The van der Waals surface area contributed by atoms with Crippen LogP contribution in [0.25, 0.3) is 0 Å². The van der Waals surface area contributed by atoms with Crippen LogP contribution in [0.1, 0.15) is 131 Å². The van der Waals surface area contributed by atoms with E-state index >= 15 is 0 Å². The molecule has 1 aromatic rings. The summed E-state index contributed by atoms with van der Waals surface area (Å²) >= 11 is 0. The van der Waals surface area contributed by atoms with Gasteiger partial charge in [0, 0.05) is 30.6 Å². The lowest BCUT2D eigenvalue weighted by molar-refractivity contribution is -0.164. The van der Waals surface area contributed by atoms with Crippen LogP contribution in [0.2, 0.25) is 0 Å². The molecular formula is C79H68O14. The summed E-state index contributed by atoms with van der Waals surface area (Å²) in [4.78, 5) is 77.6. The molecule has 468 valence electrons. The van der Waals surface area contributed by atoms with Crippen LogP contribution in [0.5, 0.6) is 17.2 Å². The van der Waals surface area contributed by atoms with Crippen LogP contribution in [0.4, 0.5) is 4.79 Å². The van der Waals surface area contributed by atoms with E-state index in [9.17, 15) is 28.8 Å². The molecule has 0 amide bonds. The van der Waals surface area contributed by atoms with Crippen molar-refractivity contribution >= 4 is 35.8 Å². The van der Waals surface area contributed by atoms with Gasteiger partial charge in [-0.2, -0.15) is 0 Å². The Morgan fingerprint density at radius 2 is 0.968 bits per heavy atom. The second-order valence-electron chi connectivity index (χ2n) is 22.7. The smallest absolute Gasteiger partial charge is 0.493 e. The van der Waals surface area contributed by atoms with Gasteiger partial charge in [0.15, 0.2) is 17.6 Å². The second-order valence-corrected chi connectivity index (χ2v) is 22.7. The van der Waals surface area contributed by atoms with E-state index < -0.39 is 49.4 Å². The SMILES string of the molecule is CC#CC#CC#CC#CC#CC#CC#CC#CC(=O)OCC(COC(=O)C#CC#CC#CC#CC#CC#CC#CC#CC)OC(=O)CC(C)CC(C)CC(=O)Oc1c(OC)cc(COC(=O)O[C@@H]2CC[C@@]3(C)[C@@H](CC[C@@H]4[C@@H]3CC[C@]3(C)[C@@H](C(C)=O)CC[C@@H]43)C2)cc1OC. The van der Waals surface area contributed by atoms with Crippen molar-refractivity contribution in [3.63, 3.8) is 0 Å². The van der Waals surface area contributed by atoms with Crippen molar-refractivity contribution in [1.29, 1.82) is 0 Å². The van der Waals surface area contributed by atoms with Gasteiger partial charge < -0.3 is 37.9 Å². The molecule has 10 atom stereocenters. The molecule has 0 bridgehead atoms. The lowest BCUT2D eigenvalue weighted by Gasteiger charge is -2.61. The van der Waals surface area contributed by atoms with Gasteiger partial charge in [0.2, 0.25) is 5.75 Å². The summed E-state index contributed by atoms with van der Waals surface area (Å²) in [5.74, 6) is 77.5. The summed E-state index contributed by atoms with van der Waals surface area (Å²) in [5.41, 5.74) is 0.793. The average molecular weight is 1240 g/mol. The Morgan fingerprint density at radius 3 is 1.43 bits per heavy atom. The Hall–Kier alpha value is -11.4. The van der Waals surface area contributed by atoms with E-state index in [1.54, 1.807) is 39.8 Å². The van der Waals surface area contributed by atoms with Gasteiger partial charge in [0.25, 0.3) is 0 Å². The Morgan fingerprint density at radius 1 is 0.527 bits per heavy atom. The minimum absolute atomic E-state index is 0.0308. The van der Waals surface area contributed by atoms with E-state index in [0.717, 1.165) is 57.8 Å². The Kier molecular flexibility index (Phi) is 30.2. The zero-order chi connectivity index (χ0) is 67.3.